The van der Waals surface area contributed by atoms with Crippen molar-refractivity contribution in [3.05, 3.63) is 22.7 Å². The molecule has 4 nitrogen and oxygen atoms in total. The Balaban J connectivity index is 2.98. The maximum absolute atomic E-state index is 12.2. The van der Waals surface area contributed by atoms with Gasteiger partial charge in [0, 0.05) is 17.4 Å². The molecule has 0 saturated heterocycles. The van der Waals surface area contributed by atoms with E-state index in [1.165, 1.54) is 0 Å². The second-order valence-electron chi connectivity index (χ2n) is 4.19. The van der Waals surface area contributed by atoms with Crippen molar-refractivity contribution < 1.29 is 9.53 Å². The predicted molar refractivity (Wildman–Crippen MR) is 76.9 cm³/mol. The lowest BCUT2D eigenvalue weighted by atomic mass is 10.1. The monoisotopic (exact) mass is 314 g/mol. The van der Waals surface area contributed by atoms with Crippen LogP contribution >= 0.6 is 15.9 Å². The number of carbonyl (C=O) groups excluding carboxylic acids is 1. The topological polar surface area (TPSA) is 55.6 Å². The standard InChI is InChI=1S/C13H19BrN2O2/c1-9(6-7-15)13(17)16(2)11-8-10(14)4-5-12(11)18-3/h4-5,8-9H,6-7,15H2,1-3H3. The van der Waals surface area contributed by atoms with Crippen LogP contribution in [0, 0.1) is 5.92 Å². The molecule has 0 bridgehead atoms. The highest BCUT2D eigenvalue weighted by Crippen LogP contribution is 2.31. The van der Waals surface area contributed by atoms with Crippen LogP contribution in [0.5, 0.6) is 5.75 Å². The van der Waals surface area contributed by atoms with Crippen LogP contribution in [0.3, 0.4) is 0 Å². The fourth-order valence-corrected chi connectivity index (χ4v) is 2.10. The Morgan fingerprint density at radius 1 is 1.56 bits per heavy atom. The smallest absolute Gasteiger partial charge is 0.229 e. The Morgan fingerprint density at radius 2 is 2.22 bits per heavy atom. The molecule has 0 heterocycles. The van der Waals surface area contributed by atoms with Crippen molar-refractivity contribution in [2.24, 2.45) is 11.7 Å². The first-order chi connectivity index (χ1) is 8.51. The minimum Gasteiger partial charge on any atom is -0.495 e. The SMILES string of the molecule is COc1ccc(Br)cc1N(C)C(=O)C(C)CCN. The summed E-state index contributed by atoms with van der Waals surface area (Å²) in [6, 6.07) is 5.58. The molecule has 0 spiro atoms. The van der Waals surface area contributed by atoms with Gasteiger partial charge in [-0.3, -0.25) is 4.79 Å². The van der Waals surface area contributed by atoms with Gasteiger partial charge in [0.15, 0.2) is 0 Å². The summed E-state index contributed by atoms with van der Waals surface area (Å²) in [6.07, 6.45) is 0.680. The normalized spacial score (nSPS) is 12.1. The Kier molecular flexibility index (Phi) is 5.62. The van der Waals surface area contributed by atoms with E-state index in [0.717, 1.165) is 10.2 Å². The number of anilines is 1. The second-order valence-corrected chi connectivity index (χ2v) is 5.11. The number of benzene rings is 1. The molecule has 0 aliphatic carbocycles. The maximum atomic E-state index is 12.2. The molecule has 1 aromatic carbocycles. The van der Waals surface area contributed by atoms with Crippen molar-refractivity contribution in [1.29, 1.82) is 0 Å². The average Bonchev–Trinajstić information content (AvgIpc) is 2.37. The zero-order valence-electron chi connectivity index (χ0n) is 10.9. The molecular formula is C13H19BrN2O2. The summed E-state index contributed by atoms with van der Waals surface area (Å²) in [7, 11) is 3.34. The van der Waals surface area contributed by atoms with E-state index < -0.39 is 0 Å². The number of nitrogens with zero attached hydrogens (tertiary/aromatic N) is 1. The summed E-state index contributed by atoms with van der Waals surface area (Å²) >= 11 is 3.40. The van der Waals surface area contributed by atoms with E-state index in [4.69, 9.17) is 10.5 Å². The second kappa shape index (κ2) is 6.75. The van der Waals surface area contributed by atoms with E-state index in [1.54, 1.807) is 19.1 Å². The molecule has 1 amide bonds. The van der Waals surface area contributed by atoms with Gasteiger partial charge in [0.05, 0.1) is 12.8 Å². The summed E-state index contributed by atoms with van der Waals surface area (Å²) in [5, 5.41) is 0. The molecule has 0 saturated carbocycles. The fourth-order valence-electron chi connectivity index (χ4n) is 1.75. The van der Waals surface area contributed by atoms with Crippen molar-refractivity contribution in [2.45, 2.75) is 13.3 Å². The number of rotatable bonds is 5. The number of nitrogens with two attached hydrogens (primary N) is 1. The number of hydrogen-bond donors (Lipinski definition) is 1. The van der Waals surface area contributed by atoms with Gasteiger partial charge in [-0.1, -0.05) is 22.9 Å². The van der Waals surface area contributed by atoms with Crippen molar-refractivity contribution in [3.8, 4) is 5.75 Å². The molecule has 1 aromatic rings. The van der Waals surface area contributed by atoms with Crippen LogP contribution in [0.4, 0.5) is 5.69 Å². The molecule has 100 valence electrons. The highest BCUT2D eigenvalue weighted by molar-refractivity contribution is 9.10. The van der Waals surface area contributed by atoms with Gasteiger partial charge in [0.2, 0.25) is 5.91 Å². The third kappa shape index (κ3) is 3.46. The number of amides is 1. The van der Waals surface area contributed by atoms with Gasteiger partial charge >= 0.3 is 0 Å². The van der Waals surface area contributed by atoms with E-state index in [9.17, 15) is 4.79 Å². The van der Waals surface area contributed by atoms with E-state index >= 15 is 0 Å². The highest BCUT2D eigenvalue weighted by Gasteiger charge is 2.20. The zero-order valence-corrected chi connectivity index (χ0v) is 12.5. The first kappa shape index (κ1) is 15.0. The molecule has 0 fully saturated rings. The zero-order chi connectivity index (χ0) is 13.7. The first-order valence-electron chi connectivity index (χ1n) is 5.82. The van der Waals surface area contributed by atoms with Crippen LogP contribution < -0.4 is 15.4 Å². The van der Waals surface area contributed by atoms with Gasteiger partial charge in [0.1, 0.15) is 5.75 Å². The fraction of sp³-hybridized carbons (Fsp3) is 0.462. The lowest BCUT2D eigenvalue weighted by molar-refractivity contribution is -0.121. The minimum atomic E-state index is -0.0938. The maximum Gasteiger partial charge on any atom is 0.229 e. The summed E-state index contributed by atoms with van der Waals surface area (Å²) in [6.45, 7) is 2.40. The molecular weight excluding hydrogens is 296 g/mol. The van der Waals surface area contributed by atoms with E-state index in [0.29, 0.717) is 18.7 Å². The first-order valence-corrected chi connectivity index (χ1v) is 6.61. The highest BCUT2D eigenvalue weighted by atomic mass is 79.9. The summed E-state index contributed by atoms with van der Waals surface area (Å²) < 4.78 is 6.18. The Bertz CT molecular complexity index is 423. The molecule has 0 radical (unpaired) electrons. The van der Waals surface area contributed by atoms with Crippen LogP contribution in [0.25, 0.3) is 0 Å². The molecule has 1 rings (SSSR count). The van der Waals surface area contributed by atoms with Crippen molar-refractivity contribution in [2.75, 3.05) is 25.6 Å². The summed E-state index contributed by atoms with van der Waals surface area (Å²) in [5.74, 6) is 0.620. The molecule has 1 unspecified atom stereocenters. The largest absolute Gasteiger partial charge is 0.495 e. The van der Waals surface area contributed by atoms with Crippen LogP contribution in [0.2, 0.25) is 0 Å². The molecule has 2 N–H and O–H groups in total. The Morgan fingerprint density at radius 3 is 2.78 bits per heavy atom. The van der Waals surface area contributed by atoms with Crippen LogP contribution in [-0.2, 0) is 4.79 Å². The van der Waals surface area contributed by atoms with Gasteiger partial charge in [-0.05, 0) is 31.2 Å². The summed E-state index contributed by atoms with van der Waals surface area (Å²) in [5.41, 5.74) is 6.23. The molecule has 0 aliphatic heterocycles. The minimum absolute atomic E-state index is 0.0388. The van der Waals surface area contributed by atoms with Gasteiger partial charge in [-0.2, -0.15) is 0 Å². The molecule has 5 heteroatoms. The van der Waals surface area contributed by atoms with Gasteiger partial charge in [-0.15, -0.1) is 0 Å². The molecule has 18 heavy (non-hydrogen) atoms. The van der Waals surface area contributed by atoms with Crippen LogP contribution in [0.15, 0.2) is 22.7 Å². The van der Waals surface area contributed by atoms with Crippen LogP contribution in [0.1, 0.15) is 13.3 Å². The molecule has 0 aromatic heterocycles. The van der Waals surface area contributed by atoms with E-state index in [2.05, 4.69) is 15.9 Å². The number of hydrogen-bond acceptors (Lipinski definition) is 3. The van der Waals surface area contributed by atoms with Gasteiger partial charge in [0.25, 0.3) is 0 Å². The van der Waals surface area contributed by atoms with Gasteiger partial charge in [-0.25, -0.2) is 0 Å². The van der Waals surface area contributed by atoms with E-state index in [-0.39, 0.29) is 11.8 Å². The number of ether oxygens (including phenoxy) is 1. The number of methoxy groups -OCH3 is 1. The quantitative estimate of drug-likeness (QED) is 0.908. The molecule has 1 atom stereocenters. The third-order valence-electron chi connectivity index (χ3n) is 2.85. The predicted octanol–water partition coefficient (Wildman–Crippen LogP) is 2.41. The average molecular weight is 315 g/mol. The van der Waals surface area contributed by atoms with Crippen molar-refractivity contribution >= 4 is 27.5 Å². The van der Waals surface area contributed by atoms with Crippen molar-refractivity contribution in [3.63, 3.8) is 0 Å². The van der Waals surface area contributed by atoms with E-state index in [1.807, 2.05) is 25.1 Å². The lowest BCUT2D eigenvalue weighted by Gasteiger charge is -2.23. The molecule has 0 aliphatic rings. The number of halogens is 1. The van der Waals surface area contributed by atoms with Gasteiger partial charge < -0.3 is 15.4 Å². The van der Waals surface area contributed by atoms with Crippen LogP contribution in [-0.4, -0.2) is 26.6 Å². The summed E-state index contributed by atoms with van der Waals surface area (Å²) in [4.78, 5) is 13.8. The lowest BCUT2D eigenvalue weighted by Crippen LogP contribution is -2.32. The Labute approximate surface area is 116 Å². The third-order valence-corrected chi connectivity index (χ3v) is 3.35. The number of carbonyl (C=O) groups is 1. The van der Waals surface area contributed by atoms with Crippen molar-refractivity contribution in [1.82, 2.24) is 0 Å². The Hall–Kier alpha value is -1.07.